The van der Waals surface area contributed by atoms with E-state index in [-0.39, 0.29) is 18.9 Å². The van der Waals surface area contributed by atoms with Crippen LogP contribution >= 0.6 is 11.6 Å². The van der Waals surface area contributed by atoms with Gasteiger partial charge < -0.3 is 15.2 Å². The Morgan fingerprint density at radius 1 is 0.967 bits per heavy atom. The molecule has 152 valence electrons. The lowest BCUT2D eigenvalue weighted by Crippen LogP contribution is -2.31. The monoisotopic (exact) mass is 421 g/mol. The number of fused-ring (bicyclic) bond motifs is 3. The van der Waals surface area contributed by atoms with Gasteiger partial charge in [0.05, 0.1) is 12.5 Å². The van der Waals surface area contributed by atoms with Crippen molar-refractivity contribution in [3.63, 3.8) is 0 Å². The van der Waals surface area contributed by atoms with Crippen LogP contribution in [0.15, 0.2) is 72.8 Å². The first-order valence-corrected chi connectivity index (χ1v) is 9.99. The van der Waals surface area contributed by atoms with Gasteiger partial charge in [-0.1, -0.05) is 72.3 Å². The molecule has 0 saturated carbocycles. The molecule has 1 aliphatic carbocycles. The molecule has 2 N–H and O–H groups in total. The maximum absolute atomic E-state index is 12.5. The highest BCUT2D eigenvalue weighted by molar-refractivity contribution is 6.30. The number of amides is 1. The van der Waals surface area contributed by atoms with E-state index in [1.54, 1.807) is 24.3 Å². The van der Waals surface area contributed by atoms with Crippen molar-refractivity contribution in [1.82, 2.24) is 5.32 Å². The first-order chi connectivity index (χ1) is 14.5. The van der Waals surface area contributed by atoms with E-state index in [1.807, 2.05) is 36.4 Å². The number of benzene rings is 3. The quantitative estimate of drug-likeness (QED) is 0.559. The van der Waals surface area contributed by atoms with Crippen molar-refractivity contribution in [3.05, 3.63) is 94.5 Å². The highest BCUT2D eigenvalue weighted by atomic mass is 35.5. The van der Waals surface area contributed by atoms with E-state index in [4.69, 9.17) is 16.3 Å². The average molecular weight is 422 g/mol. The van der Waals surface area contributed by atoms with Gasteiger partial charge in [-0.3, -0.25) is 4.79 Å². The molecule has 0 saturated heterocycles. The standard InChI is InChI=1S/C24H20ClNO4/c25-16-7-5-6-15(12-16)22(13-23(27)28)26-24(29)30-14-21-19-10-3-1-8-17(19)18-9-2-4-11-20(18)21/h1-12,21-22H,13-14H2,(H,26,29)(H,27,28)/t22-/m0/s1. The first kappa shape index (κ1) is 20.0. The van der Waals surface area contributed by atoms with Gasteiger partial charge in [-0.15, -0.1) is 0 Å². The van der Waals surface area contributed by atoms with E-state index < -0.39 is 18.1 Å². The Balaban J connectivity index is 1.48. The average Bonchev–Trinajstić information content (AvgIpc) is 3.05. The predicted octanol–water partition coefficient (Wildman–Crippen LogP) is 5.39. The zero-order chi connectivity index (χ0) is 21.1. The van der Waals surface area contributed by atoms with Crippen LogP contribution in [-0.4, -0.2) is 23.8 Å². The van der Waals surface area contributed by atoms with Gasteiger partial charge in [0, 0.05) is 10.9 Å². The van der Waals surface area contributed by atoms with Crippen molar-refractivity contribution in [2.45, 2.75) is 18.4 Å². The number of carboxylic acids is 1. The second-order valence-electron chi connectivity index (χ2n) is 7.18. The third kappa shape index (κ3) is 4.16. The molecule has 0 radical (unpaired) electrons. The molecule has 0 spiro atoms. The van der Waals surface area contributed by atoms with Gasteiger partial charge in [0.1, 0.15) is 6.61 Å². The molecular weight excluding hydrogens is 402 g/mol. The van der Waals surface area contributed by atoms with Gasteiger partial charge in [-0.2, -0.15) is 0 Å². The van der Waals surface area contributed by atoms with Gasteiger partial charge in [0.2, 0.25) is 0 Å². The van der Waals surface area contributed by atoms with Crippen LogP contribution < -0.4 is 5.32 Å². The van der Waals surface area contributed by atoms with E-state index in [1.165, 1.54) is 0 Å². The van der Waals surface area contributed by atoms with E-state index in [2.05, 4.69) is 17.4 Å². The zero-order valence-corrected chi connectivity index (χ0v) is 16.8. The summed E-state index contributed by atoms with van der Waals surface area (Å²) in [5.74, 6) is -1.09. The number of rotatable bonds is 6. The fourth-order valence-corrected chi connectivity index (χ4v) is 4.13. The molecule has 0 heterocycles. The van der Waals surface area contributed by atoms with Crippen LogP contribution in [0.1, 0.15) is 35.1 Å². The number of carbonyl (C=O) groups excluding carboxylic acids is 1. The molecule has 0 aromatic heterocycles. The van der Waals surface area contributed by atoms with Gasteiger partial charge in [-0.05, 0) is 39.9 Å². The molecule has 4 rings (SSSR count). The molecule has 3 aromatic rings. The number of hydrogen-bond acceptors (Lipinski definition) is 3. The molecule has 1 atom stereocenters. The molecule has 1 amide bonds. The topological polar surface area (TPSA) is 75.6 Å². The van der Waals surface area contributed by atoms with Gasteiger partial charge in [-0.25, -0.2) is 4.79 Å². The number of carboxylic acid groups (broad SMARTS) is 1. The molecule has 0 bridgehead atoms. The fraction of sp³-hybridized carbons (Fsp3) is 0.167. The Bertz CT molecular complexity index is 1050. The largest absolute Gasteiger partial charge is 0.481 e. The summed E-state index contributed by atoms with van der Waals surface area (Å²) in [5.41, 5.74) is 5.12. The number of halogens is 1. The predicted molar refractivity (Wildman–Crippen MR) is 115 cm³/mol. The van der Waals surface area contributed by atoms with Crippen LogP contribution in [0.2, 0.25) is 5.02 Å². The lowest BCUT2D eigenvalue weighted by molar-refractivity contribution is -0.137. The van der Waals surface area contributed by atoms with Crippen LogP contribution in [0.4, 0.5) is 4.79 Å². The molecule has 0 unspecified atom stereocenters. The van der Waals surface area contributed by atoms with Gasteiger partial charge >= 0.3 is 12.1 Å². The SMILES string of the molecule is O=C(O)C[C@H](NC(=O)OCC1c2ccccc2-c2ccccc21)c1cccc(Cl)c1. The molecule has 0 aliphatic heterocycles. The minimum atomic E-state index is -1.03. The minimum absolute atomic E-state index is 0.0627. The zero-order valence-electron chi connectivity index (χ0n) is 16.0. The summed E-state index contributed by atoms with van der Waals surface area (Å²) in [7, 11) is 0. The van der Waals surface area contributed by atoms with Crippen molar-refractivity contribution in [3.8, 4) is 11.1 Å². The van der Waals surface area contributed by atoms with Crippen molar-refractivity contribution in [2.24, 2.45) is 0 Å². The number of hydrogen-bond donors (Lipinski definition) is 2. The summed E-state index contributed by atoms with van der Waals surface area (Å²) in [5, 5.41) is 12.4. The summed E-state index contributed by atoms with van der Waals surface area (Å²) in [6, 6.07) is 22.2. The maximum Gasteiger partial charge on any atom is 0.407 e. The lowest BCUT2D eigenvalue weighted by atomic mass is 9.98. The Hall–Kier alpha value is -3.31. The summed E-state index contributed by atoms with van der Waals surface area (Å²) in [6.07, 6.45) is -0.937. The Labute approximate surface area is 179 Å². The fourth-order valence-electron chi connectivity index (χ4n) is 3.93. The smallest absolute Gasteiger partial charge is 0.407 e. The summed E-state index contributed by atoms with van der Waals surface area (Å²) in [6.45, 7) is 0.162. The number of carbonyl (C=O) groups is 2. The Morgan fingerprint density at radius 2 is 1.60 bits per heavy atom. The minimum Gasteiger partial charge on any atom is -0.481 e. The highest BCUT2D eigenvalue weighted by Gasteiger charge is 2.29. The lowest BCUT2D eigenvalue weighted by Gasteiger charge is -2.19. The number of nitrogens with one attached hydrogen (secondary N) is 1. The van der Waals surface area contributed by atoms with Gasteiger partial charge in [0.25, 0.3) is 0 Å². The first-order valence-electron chi connectivity index (χ1n) is 9.61. The van der Waals surface area contributed by atoms with Crippen LogP contribution in [0.3, 0.4) is 0 Å². The summed E-state index contributed by atoms with van der Waals surface area (Å²) < 4.78 is 5.53. The number of ether oxygens (including phenoxy) is 1. The Kier molecular flexibility index (Phi) is 5.72. The third-order valence-electron chi connectivity index (χ3n) is 5.27. The molecule has 1 aliphatic rings. The molecule has 3 aromatic carbocycles. The molecule has 5 nitrogen and oxygen atoms in total. The molecule has 6 heteroatoms. The van der Waals surface area contributed by atoms with Crippen LogP contribution in [0, 0.1) is 0 Å². The number of alkyl carbamates (subject to hydrolysis) is 1. The normalized spacial score (nSPS) is 13.2. The van der Waals surface area contributed by atoms with Crippen molar-refractivity contribution >= 4 is 23.7 Å². The van der Waals surface area contributed by atoms with E-state index in [9.17, 15) is 14.7 Å². The van der Waals surface area contributed by atoms with Gasteiger partial charge in [0.15, 0.2) is 0 Å². The van der Waals surface area contributed by atoms with E-state index >= 15 is 0 Å². The molecular formula is C24H20ClNO4. The van der Waals surface area contributed by atoms with E-state index in [0.29, 0.717) is 10.6 Å². The molecule has 0 fully saturated rings. The highest BCUT2D eigenvalue weighted by Crippen LogP contribution is 2.44. The number of aliphatic carboxylic acids is 1. The van der Waals surface area contributed by atoms with Crippen LogP contribution in [0.25, 0.3) is 11.1 Å². The summed E-state index contributed by atoms with van der Waals surface area (Å²) in [4.78, 5) is 23.8. The second kappa shape index (κ2) is 8.59. The Morgan fingerprint density at radius 3 is 2.20 bits per heavy atom. The molecule has 30 heavy (non-hydrogen) atoms. The maximum atomic E-state index is 12.5. The second-order valence-corrected chi connectivity index (χ2v) is 7.61. The van der Waals surface area contributed by atoms with Crippen molar-refractivity contribution < 1.29 is 19.4 Å². The third-order valence-corrected chi connectivity index (χ3v) is 5.50. The van der Waals surface area contributed by atoms with Crippen molar-refractivity contribution in [1.29, 1.82) is 0 Å². The van der Waals surface area contributed by atoms with Crippen molar-refractivity contribution in [2.75, 3.05) is 6.61 Å². The van der Waals surface area contributed by atoms with Crippen LogP contribution in [0.5, 0.6) is 0 Å². The summed E-state index contributed by atoms with van der Waals surface area (Å²) >= 11 is 6.01. The van der Waals surface area contributed by atoms with Crippen LogP contribution in [-0.2, 0) is 9.53 Å². The van der Waals surface area contributed by atoms with E-state index in [0.717, 1.165) is 22.3 Å².